The van der Waals surface area contributed by atoms with Crippen LogP contribution < -0.4 is 0 Å². The van der Waals surface area contributed by atoms with E-state index in [0.717, 1.165) is 11.1 Å². The summed E-state index contributed by atoms with van der Waals surface area (Å²) in [5.74, 6) is 0. The monoisotopic (exact) mass is 112 g/mol. The Morgan fingerprint density at radius 3 is 2.25 bits per heavy atom. The lowest BCUT2D eigenvalue weighted by molar-refractivity contribution is 0.333. The van der Waals surface area contributed by atoms with Crippen LogP contribution in [-0.2, 0) is 0 Å². The molecule has 0 unspecified atom stereocenters. The van der Waals surface area contributed by atoms with Crippen LogP contribution in [-0.4, -0.2) is 11.7 Å². The average Bonchev–Trinajstić information content (AvgIpc) is 1.69. The van der Waals surface area contributed by atoms with Crippen LogP contribution in [0.3, 0.4) is 0 Å². The molecule has 0 aliphatic rings. The van der Waals surface area contributed by atoms with Crippen LogP contribution >= 0.6 is 0 Å². The van der Waals surface area contributed by atoms with E-state index in [1.54, 1.807) is 0 Å². The Balaban J connectivity index is 3.92. The molecule has 1 N–H and O–H groups in total. The predicted molar refractivity (Wildman–Crippen MR) is 35.7 cm³/mol. The van der Waals surface area contributed by atoms with Gasteiger partial charge in [-0.2, -0.15) is 0 Å². The summed E-state index contributed by atoms with van der Waals surface area (Å²) in [6, 6.07) is 0. The van der Waals surface area contributed by atoms with Crippen molar-refractivity contribution < 1.29 is 5.11 Å². The first-order chi connectivity index (χ1) is 3.72. The van der Waals surface area contributed by atoms with Crippen LogP contribution in [0.15, 0.2) is 23.8 Å². The second-order valence-electron chi connectivity index (χ2n) is 1.75. The fourth-order valence-corrected chi connectivity index (χ4v) is 0.473. The Labute approximate surface area is 50.3 Å². The molecular formula is C7H12O. The maximum atomic E-state index is 8.57. The molecule has 0 saturated carbocycles. The van der Waals surface area contributed by atoms with Gasteiger partial charge >= 0.3 is 0 Å². The molecule has 8 heavy (non-hydrogen) atoms. The van der Waals surface area contributed by atoms with Gasteiger partial charge in [0.15, 0.2) is 0 Å². The fraction of sp³-hybridized carbons (Fsp3) is 0.429. The zero-order valence-electron chi connectivity index (χ0n) is 5.44. The highest BCUT2D eigenvalue weighted by molar-refractivity contribution is 5.25. The van der Waals surface area contributed by atoms with Crippen molar-refractivity contribution in [3.8, 4) is 0 Å². The molecule has 0 aromatic carbocycles. The zero-order chi connectivity index (χ0) is 6.57. The van der Waals surface area contributed by atoms with Gasteiger partial charge < -0.3 is 5.11 Å². The molecule has 0 aliphatic carbocycles. The van der Waals surface area contributed by atoms with Crippen LogP contribution in [0.1, 0.15) is 13.8 Å². The second-order valence-corrected chi connectivity index (χ2v) is 1.75. The number of hydrogen-bond acceptors (Lipinski definition) is 1. The van der Waals surface area contributed by atoms with Gasteiger partial charge in [0, 0.05) is 0 Å². The molecule has 0 bridgehead atoms. The number of rotatable bonds is 2. The molecule has 1 nitrogen and oxygen atoms in total. The van der Waals surface area contributed by atoms with Gasteiger partial charge in [0.05, 0.1) is 6.61 Å². The lowest BCUT2D eigenvalue weighted by Crippen LogP contribution is -1.88. The topological polar surface area (TPSA) is 20.2 Å². The summed E-state index contributed by atoms with van der Waals surface area (Å²) in [6.07, 6.45) is 1.86. The molecule has 0 atom stereocenters. The van der Waals surface area contributed by atoms with Crippen LogP contribution in [0, 0.1) is 0 Å². The smallest absolute Gasteiger partial charge is 0.0681 e. The van der Waals surface area contributed by atoms with Crippen molar-refractivity contribution in [2.45, 2.75) is 13.8 Å². The van der Waals surface area contributed by atoms with E-state index in [9.17, 15) is 0 Å². The molecule has 0 saturated heterocycles. The van der Waals surface area contributed by atoms with E-state index in [2.05, 4.69) is 6.58 Å². The van der Waals surface area contributed by atoms with Gasteiger partial charge in [-0.1, -0.05) is 18.2 Å². The van der Waals surface area contributed by atoms with Gasteiger partial charge in [0.2, 0.25) is 0 Å². The van der Waals surface area contributed by atoms with Gasteiger partial charge in [-0.05, 0) is 19.4 Å². The van der Waals surface area contributed by atoms with Crippen LogP contribution in [0.25, 0.3) is 0 Å². The highest BCUT2D eigenvalue weighted by atomic mass is 16.3. The summed E-state index contributed by atoms with van der Waals surface area (Å²) in [5, 5.41) is 8.57. The quantitative estimate of drug-likeness (QED) is 0.537. The number of aliphatic hydroxyl groups excluding tert-OH is 1. The Hall–Kier alpha value is -0.560. The Bertz CT molecular complexity index is 112. The highest BCUT2D eigenvalue weighted by Gasteiger charge is 1.89. The summed E-state index contributed by atoms with van der Waals surface area (Å²) in [5.41, 5.74) is 1.86. The van der Waals surface area contributed by atoms with Gasteiger partial charge in [-0.25, -0.2) is 0 Å². The van der Waals surface area contributed by atoms with Crippen LogP contribution in [0.2, 0.25) is 0 Å². The van der Waals surface area contributed by atoms with Crippen molar-refractivity contribution >= 4 is 0 Å². The van der Waals surface area contributed by atoms with Crippen LogP contribution in [0.4, 0.5) is 0 Å². The molecule has 0 aromatic rings. The van der Waals surface area contributed by atoms with E-state index in [4.69, 9.17) is 5.11 Å². The molecule has 0 heterocycles. The van der Waals surface area contributed by atoms with E-state index in [-0.39, 0.29) is 6.61 Å². The first kappa shape index (κ1) is 7.44. The number of allylic oxidation sites excluding steroid dienone is 1. The SMILES string of the molecule is C=C(C)/C(=C\C)CO. The lowest BCUT2D eigenvalue weighted by atomic mass is 10.1. The zero-order valence-corrected chi connectivity index (χ0v) is 5.44. The fourth-order valence-electron chi connectivity index (χ4n) is 0.473. The maximum Gasteiger partial charge on any atom is 0.0681 e. The predicted octanol–water partition coefficient (Wildman–Crippen LogP) is 1.50. The molecule has 0 aromatic heterocycles. The molecule has 46 valence electrons. The molecule has 0 rings (SSSR count). The van der Waals surface area contributed by atoms with E-state index in [1.165, 1.54) is 0 Å². The standard InChI is InChI=1S/C7H12O/c1-4-7(5-8)6(2)3/h4,8H,2,5H2,1,3H3/b7-4-. The summed E-state index contributed by atoms with van der Waals surface area (Å²) in [4.78, 5) is 0. The third-order valence-corrected chi connectivity index (χ3v) is 1.07. The van der Waals surface area contributed by atoms with E-state index >= 15 is 0 Å². The minimum Gasteiger partial charge on any atom is -0.392 e. The Morgan fingerprint density at radius 1 is 1.75 bits per heavy atom. The van der Waals surface area contributed by atoms with E-state index < -0.39 is 0 Å². The molecule has 0 fully saturated rings. The summed E-state index contributed by atoms with van der Waals surface area (Å²) >= 11 is 0. The molecule has 0 aliphatic heterocycles. The summed E-state index contributed by atoms with van der Waals surface area (Å²) in [6.45, 7) is 7.54. The van der Waals surface area contributed by atoms with Crippen molar-refractivity contribution in [1.29, 1.82) is 0 Å². The van der Waals surface area contributed by atoms with Gasteiger partial charge in [0.25, 0.3) is 0 Å². The molecule has 0 radical (unpaired) electrons. The van der Waals surface area contributed by atoms with Crippen molar-refractivity contribution in [3.63, 3.8) is 0 Å². The van der Waals surface area contributed by atoms with Gasteiger partial charge in [-0.15, -0.1) is 0 Å². The van der Waals surface area contributed by atoms with Crippen LogP contribution in [0.5, 0.6) is 0 Å². The minimum absolute atomic E-state index is 0.103. The van der Waals surface area contributed by atoms with Gasteiger partial charge in [-0.3, -0.25) is 0 Å². The van der Waals surface area contributed by atoms with Gasteiger partial charge in [0.1, 0.15) is 0 Å². The third-order valence-electron chi connectivity index (χ3n) is 1.07. The highest BCUT2D eigenvalue weighted by Crippen LogP contribution is 2.03. The first-order valence-electron chi connectivity index (χ1n) is 2.64. The lowest BCUT2D eigenvalue weighted by Gasteiger charge is -1.97. The minimum atomic E-state index is 0.103. The van der Waals surface area contributed by atoms with Crippen molar-refractivity contribution in [2.24, 2.45) is 0 Å². The Kier molecular flexibility index (Phi) is 3.20. The van der Waals surface area contributed by atoms with Crippen molar-refractivity contribution in [2.75, 3.05) is 6.61 Å². The molecule has 1 heteroatoms. The number of hydrogen-bond donors (Lipinski definition) is 1. The summed E-state index contributed by atoms with van der Waals surface area (Å²) < 4.78 is 0. The first-order valence-corrected chi connectivity index (χ1v) is 2.64. The molecule has 0 amide bonds. The van der Waals surface area contributed by atoms with E-state index in [1.807, 2.05) is 19.9 Å². The van der Waals surface area contributed by atoms with Crippen molar-refractivity contribution in [1.82, 2.24) is 0 Å². The number of aliphatic hydroxyl groups is 1. The Morgan fingerprint density at radius 2 is 2.25 bits per heavy atom. The molecule has 0 spiro atoms. The maximum absolute atomic E-state index is 8.57. The van der Waals surface area contributed by atoms with Crippen molar-refractivity contribution in [3.05, 3.63) is 23.8 Å². The second kappa shape index (κ2) is 3.44. The third kappa shape index (κ3) is 1.94. The van der Waals surface area contributed by atoms with E-state index in [0.29, 0.717) is 0 Å². The average molecular weight is 112 g/mol. The normalized spacial score (nSPS) is 11.6. The summed E-state index contributed by atoms with van der Waals surface area (Å²) in [7, 11) is 0. The molecular weight excluding hydrogens is 100 g/mol. The largest absolute Gasteiger partial charge is 0.392 e.